The fourth-order valence-corrected chi connectivity index (χ4v) is 2.94. The van der Waals surface area contributed by atoms with Crippen molar-refractivity contribution in [1.82, 2.24) is 15.1 Å². The van der Waals surface area contributed by atoms with Crippen molar-refractivity contribution >= 4 is 18.3 Å². The van der Waals surface area contributed by atoms with Gasteiger partial charge in [-0.3, -0.25) is 9.89 Å². The van der Waals surface area contributed by atoms with Crippen LogP contribution >= 0.6 is 12.4 Å². The molecule has 6 heteroatoms. The van der Waals surface area contributed by atoms with Crippen LogP contribution in [-0.4, -0.2) is 40.1 Å². The lowest BCUT2D eigenvalue weighted by atomic mass is 9.92. The van der Waals surface area contributed by atoms with E-state index in [1.54, 1.807) is 0 Å². The maximum atomic E-state index is 12.5. The van der Waals surface area contributed by atoms with Crippen molar-refractivity contribution in [2.45, 2.75) is 44.6 Å². The van der Waals surface area contributed by atoms with Crippen LogP contribution in [0.1, 0.15) is 54.7 Å². The molecule has 3 rings (SSSR count). The van der Waals surface area contributed by atoms with E-state index in [1.165, 1.54) is 12.8 Å². The summed E-state index contributed by atoms with van der Waals surface area (Å²) in [5.41, 5.74) is 7.47. The maximum absolute atomic E-state index is 12.5. The molecule has 20 heavy (non-hydrogen) atoms. The molecule has 1 aliphatic heterocycles. The van der Waals surface area contributed by atoms with E-state index in [-0.39, 0.29) is 24.4 Å². The van der Waals surface area contributed by atoms with Gasteiger partial charge in [-0.05, 0) is 37.7 Å². The van der Waals surface area contributed by atoms with Crippen molar-refractivity contribution in [2.75, 3.05) is 13.1 Å². The highest BCUT2D eigenvalue weighted by atomic mass is 35.5. The molecule has 0 bridgehead atoms. The zero-order valence-corrected chi connectivity index (χ0v) is 12.7. The summed E-state index contributed by atoms with van der Waals surface area (Å²) < 4.78 is 0. The number of aromatic amines is 1. The van der Waals surface area contributed by atoms with Crippen LogP contribution in [0.3, 0.4) is 0 Å². The Labute approximate surface area is 125 Å². The van der Waals surface area contributed by atoms with Gasteiger partial charge in [0, 0.05) is 30.7 Å². The lowest BCUT2D eigenvalue weighted by Gasteiger charge is -2.37. The number of carbonyl (C=O) groups excluding carboxylic acids is 1. The van der Waals surface area contributed by atoms with Gasteiger partial charge >= 0.3 is 0 Å². The molecule has 0 spiro atoms. The molecule has 1 amide bonds. The molecule has 1 aliphatic carbocycles. The lowest BCUT2D eigenvalue weighted by Crippen LogP contribution is -2.49. The number of nitrogens with two attached hydrogens (primary N) is 1. The minimum absolute atomic E-state index is 0. The van der Waals surface area contributed by atoms with E-state index in [2.05, 4.69) is 17.1 Å². The van der Waals surface area contributed by atoms with Crippen molar-refractivity contribution in [2.24, 2.45) is 11.7 Å². The number of rotatable bonds is 3. The number of nitrogens with zero attached hydrogens (tertiary/aromatic N) is 2. The monoisotopic (exact) mass is 298 g/mol. The van der Waals surface area contributed by atoms with Crippen molar-refractivity contribution in [1.29, 1.82) is 0 Å². The third-order valence-corrected chi connectivity index (χ3v) is 4.34. The molecule has 2 fully saturated rings. The quantitative estimate of drug-likeness (QED) is 0.895. The fourth-order valence-electron chi connectivity index (χ4n) is 2.94. The Morgan fingerprint density at radius 2 is 2.25 bits per heavy atom. The number of nitrogens with one attached hydrogen (secondary N) is 1. The Balaban J connectivity index is 0.00000147. The summed E-state index contributed by atoms with van der Waals surface area (Å²) in [6.07, 6.45) is 4.48. The lowest BCUT2D eigenvalue weighted by molar-refractivity contribution is 0.0567. The van der Waals surface area contributed by atoms with Crippen LogP contribution in [-0.2, 0) is 0 Å². The average Bonchev–Trinajstić information content (AvgIpc) is 3.15. The van der Waals surface area contributed by atoms with Gasteiger partial charge in [0.05, 0.1) is 0 Å². The first-order chi connectivity index (χ1) is 9.19. The highest BCUT2D eigenvalue weighted by Gasteiger charge is 2.32. The van der Waals surface area contributed by atoms with Gasteiger partial charge in [-0.15, -0.1) is 12.4 Å². The Hall–Kier alpha value is -1.07. The topological polar surface area (TPSA) is 75.0 Å². The van der Waals surface area contributed by atoms with Gasteiger partial charge in [-0.25, -0.2) is 0 Å². The Bertz CT molecular complexity index is 471. The molecule has 1 saturated heterocycles. The molecule has 1 saturated carbocycles. The van der Waals surface area contributed by atoms with Gasteiger partial charge in [0.25, 0.3) is 5.91 Å². The van der Waals surface area contributed by atoms with E-state index >= 15 is 0 Å². The summed E-state index contributed by atoms with van der Waals surface area (Å²) in [7, 11) is 0. The third kappa shape index (κ3) is 2.99. The van der Waals surface area contributed by atoms with E-state index in [9.17, 15) is 4.79 Å². The highest BCUT2D eigenvalue weighted by Crippen LogP contribution is 2.39. The van der Waals surface area contributed by atoms with Crippen LogP contribution in [0.4, 0.5) is 0 Å². The molecule has 112 valence electrons. The molecule has 2 atom stereocenters. The number of hydrogen-bond donors (Lipinski definition) is 2. The molecule has 2 unspecified atom stereocenters. The molecular formula is C14H23ClN4O. The fraction of sp³-hybridized carbons (Fsp3) is 0.714. The number of amides is 1. The molecule has 2 heterocycles. The van der Waals surface area contributed by atoms with Gasteiger partial charge in [-0.1, -0.05) is 6.92 Å². The second-order valence-electron chi connectivity index (χ2n) is 6.00. The van der Waals surface area contributed by atoms with Gasteiger partial charge in [0.15, 0.2) is 0 Å². The molecule has 2 aliphatic rings. The molecule has 0 radical (unpaired) electrons. The minimum Gasteiger partial charge on any atom is -0.333 e. The Kier molecular flexibility index (Phi) is 4.70. The van der Waals surface area contributed by atoms with Crippen LogP contribution < -0.4 is 5.73 Å². The third-order valence-electron chi connectivity index (χ3n) is 4.34. The predicted molar refractivity (Wildman–Crippen MR) is 80.1 cm³/mol. The van der Waals surface area contributed by atoms with E-state index in [0.717, 1.165) is 25.1 Å². The molecular weight excluding hydrogens is 276 g/mol. The second-order valence-corrected chi connectivity index (χ2v) is 6.00. The summed E-state index contributed by atoms with van der Waals surface area (Å²) >= 11 is 0. The van der Waals surface area contributed by atoms with E-state index in [1.807, 2.05) is 11.0 Å². The number of carbonyl (C=O) groups is 1. The summed E-state index contributed by atoms with van der Waals surface area (Å²) in [6.45, 7) is 3.56. The number of halogens is 1. The van der Waals surface area contributed by atoms with Crippen molar-refractivity contribution in [3.05, 3.63) is 17.5 Å². The SMILES string of the molecule is CC1CCN(C(=O)c2cc(C3CC3)[nH]n2)C(CN)C1.Cl. The summed E-state index contributed by atoms with van der Waals surface area (Å²) in [6, 6.07) is 2.09. The van der Waals surface area contributed by atoms with Crippen LogP contribution in [0.5, 0.6) is 0 Å². The number of likely N-dealkylation sites (tertiary alicyclic amines) is 1. The first kappa shape index (κ1) is 15.3. The van der Waals surface area contributed by atoms with Crippen molar-refractivity contribution < 1.29 is 4.79 Å². The van der Waals surface area contributed by atoms with Crippen LogP contribution in [0.2, 0.25) is 0 Å². The smallest absolute Gasteiger partial charge is 0.274 e. The highest BCUT2D eigenvalue weighted by molar-refractivity contribution is 5.92. The zero-order chi connectivity index (χ0) is 13.4. The summed E-state index contributed by atoms with van der Waals surface area (Å²) in [5.74, 6) is 1.28. The van der Waals surface area contributed by atoms with Gasteiger partial charge in [-0.2, -0.15) is 5.10 Å². The number of H-pyrrole nitrogens is 1. The Morgan fingerprint density at radius 3 is 2.90 bits per heavy atom. The zero-order valence-electron chi connectivity index (χ0n) is 11.8. The normalized spacial score (nSPS) is 26.2. The van der Waals surface area contributed by atoms with Crippen LogP contribution in [0.25, 0.3) is 0 Å². The van der Waals surface area contributed by atoms with E-state index in [0.29, 0.717) is 24.1 Å². The van der Waals surface area contributed by atoms with Gasteiger partial charge in [0.2, 0.25) is 0 Å². The predicted octanol–water partition coefficient (Wildman–Crippen LogP) is 1.91. The second kappa shape index (κ2) is 6.14. The number of piperidine rings is 1. The number of aromatic nitrogens is 2. The first-order valence-electron chi connectivity index (χ1n) is 7.25. The molecule has 1 aromatic rings. The largest absolute Gasteiger partial charge is 0.333 e. The summed E-state index contributed by atoms with van der Waals surface area (Å²) in [4.78, 5) is 14.4. The van der Waals surface area contributed by atoms with Gasteiger partial charge < -0.3 is 10.6 Å². The van der Waals surface area contributed by atoms with E-state index in [4.69, 9.17) is 5.73 Å². The summed E-state index contributed by atoms with van der Waals surface area (Å²) in [5, 5.41) is 7.18. The van der Waals surface area contributed by atoms with Gasteiger partial charge in [0.1, 0.15) is 5.69 Å². The maximum Gasteiger partial charge on any atom is 0.274 e. The minimum atomic E-state index is 0. The molecule has 5 nitrogen and oxygen atoms in total. The standard InChI is InChI=1S/C14H22N4O.ClH/c1-9-4-5-18(11(6-9)8-15)14(19)13-7-12(16-17-13)10-2-3-10;/h7,9-11H,2-6,8,15H2,1H3,(H,16,17);1H. The van der Waals surface area contributed by atoms with E-state index < -0.39 is 0 Å². The van der Waals surface area contributed by atoms with Crippen molar-refractivity contribution in [3.8, 4) is 0 Å². The average molecular weight is 299 g/mol. The molecule has 3 N–H and O–H groups in total. The van der Waals surface area contributed by atoms with Crippen LogP contribution in [0, 0.1) is 5.92 Å². The molecule has 1 aromatic heterocycles. The Morgan fingerprint density at radius 1 is 1.50 bits per heavy atom. The number of hydrogen-bond acceptors (Lipinski definition) is 3. The van der Waals surface area contributed by atoms with Crippen molar-refractivity contribution in [3.63, 3.8) is 0 Å². The molecule has 0 aromatic carbocycles. The first-order valence-corrected chi connectivity index (χ1v) is 7.25. The van der Waals surface area contributed by atoms with Crippen LogP contribution in [0.15, 0.2) is 6.07 Å².